The Morgan fingerprint density at radius 1 is 1.47 bits per heavy atom. The summed E-state index contributed by atoms with van der Waals surface area (Å²) in [7, 11) is 0. The van der Waals surface area contributed by atoms with Crippen LogP contribution in [-0.4, -0.2) is 28.8 Å². The highest BCUT2D eigenvalue weighted by atomic mass is 35.5. The van der Waals surface area contributed by atoms with Crippen molar-refractivity contribution in [2.75, 3.05) is 18.0 Å². The second kappa shape index (κ2) is 3.65. The van der Waals surface area contributed by atoms with E-state index in [9.17, 15) is 5.11 Å². The highest BCUT2D eigenvalue weighted by Gasteiger charge is 2.37. The summed E-state index contributed by atoms with van der Waals surface area (Å²) in [6.45, 7) is 5.38. The van der Waals surface area contributed by atoms with Gasteiger partial charge in [-0.25, -0.2) is 4.98 Å². The predicted molar refractivity (Wildman–Crippen MR) is 61.2 cm³/mol. The second-order valence-electron chi connectivity index (χ2n) is 4.57. The Kier molecular flexibility index (Phi) is 2.61. The first-order chi connectivity index (χ1) is 6.97. The molecule has 0 aromatic carbocycles. The Morgan fingerprint density at radius 3 is 2.67 bits per heavy atom. The van der Waals surface area contributed by atoms with E-state index in [1.54, 1.807) is 6.07 Å². The number of hydrogen-bond acceptors (Lipinski definition) is 3. The lowest BCUT2D eigenvalue weighted by atomic mass is 9.84. The fourth-order valence-corrected chi connectivity index (χ4v) is 1.85. The number of aromatic nitrogens is 1. The number of hydrogen-bond donors (Lipinski definition) is 1. The van der Waals surface area contributed by atoms with Gasteiger partial charge >= 0.3 is 0 Å². The van der Waals surface area contributed by atoms with Gasteiger partial charge in [-0.1, -0.05) is 17.7 Å². The number of anilines is 1. The van der Waals surface area contributed by atoms with Crippen molar-refractivity contribution in [1.82, 2.24) is 4.98 Å². The van der Waals surface area contributed by atoms with Gasteiger partial charge in [0.1, 0.15) is 11.0 Å². The number of halogens is 1. The summed E-state index contributed by atoms with van der Waals surface area (Å²) >= 11 is 5.81. The molecule has 0 atom stereocenters. The fraction of sp³-hybridized carbons (Fsp3) is 0.545. The van der Waals surface area contributed by atoms with Crippen molar-refractivity contribution in [3.05, 3.63) is 23.4 Å². The molecule has 1 aliphatic heterocycles. The molecule has 82 valence electrons. The minimum atomic E-state index is -0.602. The van der Waals surface area contributed by atoms with Crippen LogP contribution in [0, 0.1) is 5.92 Å². The van der Waals surface area contributed by atoms with Gasteiger partial charge in [0.15, 0.2) is 0 Å². The van der Waals surface area contributed by atoms with E-state index in [-0.39, 0.29) is 0 Å². The third-order valence-corrected chi connectivity index (χ3v) is 3.12. The largest absolute Gasteiger partial charge is 0.390 e. The fourth-order valence-electron chi connectivity index (χ4n) is 1.69. The summed E-state index contributed by atoms with van der Waals surface area (Å²) in [5, 5.41) is 10.3. The van der Waals surface area contributed by atoms with Crippen LogP contribution < -0.4 is 4.90 Å². The van der Waals surface area contributed by atoms with Gasteiger partial charge in [0, 0.05) is 19.0 Å². The van der Waals surface area contributed by atoms with Crippen molar-refractivity contribution < 1.29 is 5.11 Å². The van der Waals surface area contributed by atoms with Gasteiger partial charge in [0.05, 0.1) is 5.60 Å². The minimum absolute atomic E-state index is 0.318. The minimum Gasteiger partial charge on any atom is -0.390 e. The summed E-state index contributed by atoms with van der Waals surface area (Å²) in [6.07, 6.45) is 0. The first-order valence-corrected chi connectivity index (χ1v) is 5.44. The Morgan fingerprint density at radius 2 is 2.13 bits per heavy atom. The molecule has 2 heterocycles. The summed E-state index contributed by atoms with van der Waals surface area (Å²) < 4.78 is 0. The number of pyridine rings is 1. The second-order valence-corrected chi connectivity index (χ2v) is 4.96. The molecule has 0 unspecified atom stereocenters. The van der Waals surface area contributed by atoms with Crippen LogP contribution in [0.3, 0.4) is 0 Å². The first-order valence-electron chi connectivity index (χ1n) is 5.07. The van der Waals surface area contributed by atoms with Gasteiger partial charge in [-0.15, -0.1) is 0 Å². The average molecular weight is 227 g/mol. The lowest BCUT2D eigenvalue weighted by Crippen LogP contribution is -2.56. The SMILES string of the molecule is CC(C)(O)C1CN(c2cccc(Cl)n2)C1. The molecule has 4 heteroatoms. The Labute approximate surface area is 94.7 Å². The van der Waals surface area contributed by atoms with Crippen molar-refractivity contribution >= 4 is 17.4 Å². The maximum atomic E-state index is 9.78. The van der Waals surface area contributed by atoms with Crippen LogP contribution in [0.2, 0.25) is 5.15 Å². The zero-order chi connectivity index (χ0) is 11.1. The molecule has 1 N–H and O–H groups in total. The quantitative estimate of drug-likeness (QED) is 0.784. The van der Waals surface area contributed by atoms with Gasteiger partial charge < -0.3 is 10.0 Å². The zero-order valence-corrected chi connectivity index (χ0v) is 9.70. The van der Waals surface area contributed by atoms with Gasteiger partial charge in [-0.3, -0.25) is 0 Å². The van der Waals surface area contributed by atoms with Gasteiger partial charge in [0.25, 0.3) is 0 Å². The van der Waals surface area contributed by atoms with E-state index in [1.807, 2.05) is 26.0 Å². The van der Waals surface area contributed by atoms with Crippen LogP contribution in [0.25, 0.3) is 0 Å². The molecule has 1 aromatic heterocycles. The molecule has 3 nitrogen and oxygen atoms in total. The van der Waals surface area contributed by atoms with Crippen LogP contribution in [0.15, 0.2) is 18.2 Å². The summed E-state index contributed by atoms with van der Waals surface area (Å²) in [6, 6.07) is 5.59. The molecule has 1 aromatic rings. The summed E-state index contributed by atoms with van der Waals surface area (Å²) in [5.41, 5.74) is -0.602. The van der Waals surface area contributed by atoms with Gasteiger partial charge in [0.2, 0.25) is 0 Å². The maximum Gasteiger partial charge on any atom is 0.131 e. The molecule has 0 bridgehead atoms. The Balaban J connectivity index is 2.00. The highest BCUT2D eigenvalue weighted by molar-refractivity contribution is 6.29. The molecule has 0 aliphatic carbocycles. The molecule has 0 spiro atoms. The van der Waals surface area contributed by atoms with E-state index >= 15 is 0 Å². The van der Waals surface area contributed by atoms with Crippen molar-refractivity contribution in [2.45, 2.75) is 19.4 Å². The summed E-state index contributed by atoms with van der Waals surface area (Å²) in [5.74, 6) is 1.21. The standard InChI is InChI=1S/C11H15ClN2O/c1-11(2,15)8-6-14(7-8)10-5-3-4-9(12)13-10/h3-5,8,15H,6-7H2,1-2H3. The van der Waals surface area contributed by atoms with E-state index in [2.05, 4.69) is 9.88 Å². The van der Waals surface area contributed by atoms with Crippen LogP contribution in [0.5, 0.6) is 0 Å². The number of aliphatic hydroxyl groups is 1. The Hall–Kier alpha value is -0.800. The van der Waals surface area contributed by atoms with E-state index < -0.39 is 5.60 Å². The molecule has 1 saturated heterocycles. The van der Waals surface area contributed by atoms with Crippen LogP contribution in [0.1, 0.15) is 13.8 Å². The number of rotatable bonds is 2. The van der Waals surface area contributed by atoms with Gasteiger partial charge in [-0.2, -0.15) is 0 Å². The molecule has 1 aliphatic rings. The molecule has 15 heavy (non-hydrogen) atoms. The van der Waals surface area contributed by atoms with E-state index in [4.69, 9.17) is 11.6 Å². The highest BCUT2D eigenvalue weighted by Crippen LogP contribution is 2.30. The van der Waals surface area contributed by atoms with Crippen LogP contribution >= 0.6 is 11.6 Å². The third kappa shape index (κ3) is 2.24. The zero-order valence-electron chi connectivity index (χ0n) is 8.94. The molecular weight excluding hydrogens is 212 g/mol. The van der Waals surface area contributed by atoms with Crippen molar-refractivity contribution in [2.24, 2.45) is 5.92 Å². The van der Waals surface area contributed by atoms with Gasteiger partial charge in [-0.05, 0) is 26.0 Å². The van der Waals surface area contributed by atoms with Crippen molar-refractivity contribution in [3.8, 4) is 0 Å². The first kappa shape index (κ1) is 10.7. The lowest BCUT2D eigenvalue weighted by Gasteiger charge is -2.45. The smallest absolute Gasteiger partial charge is 0.131 e. The summed E-state index contributed by atoms with van der Waals surface area (Å²) in [4.78, 5) is 6.34. The average Bonchev–Trinajstić information content (AvgIpc) is 1.97. The lowest BCUT2D eigenvalue weighted by molar-refractivity contribution is 0.00439. The van der Waals surface area contributed by atoms with E-state index in [0.29, 0.717) is 11.1 Å². The van der Waals surface area contributed by atoms with E-state index in [0.717, 1.165) is 18.9 Å². The maximum absolute atomic E-state index is 9.78. The molecule has 1 fully saturated rings. The van der Waals surface area contributed by atoms with Crippen LogP contribution in [-0.2, 0) is 0 Å². The molecule has 0 saturated carbocycles. The van der Waals surface area contributed by atoms with Crippen LogP contribution in [0.4, 0.5) is 5.82 Å². The predicted octanol–water partition coefficient (Wildman–Crippen LogP) is 1.94. The molecular formula is C11H15ClN2O. The monoisotopic (exact) mass is 226 g/mol. The third-order valence-electron chi connectivity index (χ3n) is 2.91. The topological polar surface area (TPSA) is 36.4 Å². The number of nitrogens with zero attached hydrogens (tertiary/aromatic N) is 2. The normalized spacial score (nSPS) is 17.7. The van der Waals surface area contributed by atoms with E-state index in [1.165, 1.54) is 0 Å². The molecule has 2 rings (SSSR count). The Bertz CT molecular complexity index is 356. The van der Waals surface area contributed by atoms with Crippen molar-refractivity contribution in [3.63, 3.8) is 0 Å². The van der Waals surface area contributed by atoms with Crippen molar-refractivity contribution in [1.29, 1.82) is 0 Å². The molecule has 0 amide bonds. The molecule has 0 radical (unpaired) electrons.